The highest BCUT2D eigenvalue weighted by Crippen LogP contribution is 2.57. The van der Waals surface area contributed by atoms with E-state index in [9.17, 15) is 0 Å². The molecule has 118 valence electrons. The van der Waals surface area contributed by atoms with E-state index in [1.54, 1.807) is 0 Å². The van der Waals surface area contributed by atoms with Crippen molar-refractivity contribution in [2.24, 2.45) is 16.3 Å². The summed E-state index contributed by atoms with van der Waals surface area (Å²) in [6.45, 7) is 8.31. The lowest BCUT2D eigenvalue weighted by atomic mass is 9.51. The number of rotatable bonds is 5. The summed E-state index contributed by atoms with van der Waals surface area (Å²) in [6, 6.07) is 0.538. The van der Waals surface area contributed by atoms with Crippen molar-refractivity contribution in [2.45, 2.75) is 58.6 Å². The summed E-state index contributed by atoms with van der Waals surface area (Å²) in [4.78, 5) is 4.33. The maximum atomic E-state index is 5.88. The third kappa shape index (κ3) is 3.59. The Morgan fingerprint density at radius 3 is 2.55 bits per heavy atom. The second-order valence-electron chi connectivity index (χ2n) is 6.31. The average molecular weight is 395 g/mol. The van der Waals surface area contributed by atoms with Gasteiger partial charge < -0.3 is 15.4 Å². The van der Waals surface area contributed by atoms with Gasteiger partial charge in [0.2, 0.25) is 0 Å². The van der Waals surface area contributed by atoms with Crippen LogP contribution in [-0.4, -0.2) is 38.3 Å². The topological polar surface area (TPSA) is 45.6 Å². The Morgan fingerprint density at radius 2 is 2.10 bits per heavy atom. The van der Waals surface area contributed by atoms with Gasteiger partial charge in [0.05, 0.1) is 6.10 Å². The lowest BCUT2D eigenvalue weighted by Gasteiger charge is -2.61. The number of hydrogen-bond donors (Lipinski definition) is 2. The summed E-state index contributed by atoms with van der Waals surface area (Å²) in [5.74, 6) is 1.58. The Morgan fingerprint density at radius 1 is 1.40 bits per heavy atom. The Bertz CT molecular complexity index is 329. The van der Waals surface area contributed by atoms with Crippen molar-refractivity contribution in [3.8, 4) is 0 Å². The molecule has 2 rings (SSSR count). The molecule has 0 amide bonds. The van der Waals surface area contributed by atoms with E-state index in [0.717, 1.165) is 25.5 Å². The van der Waals surface area contributed by atoms with Gasteiger partial charge in [0, 0.05) is 31.7 Å². The third-order valence-electron chi connectivity index (χ3n) is 4.65. The van der Waals surface area contributed by atoms with Crippen LogP contribution in [0.1, 0.15) is 46.5 Å². The van der Waals surface area contributed by atoms with E-state index in [-0.39, 0.29) is 24.0 Å². The number of nitrogens with one attached hydrogen (secondary N) is 2. The molecule has 4 nitrogen and oxygen atoms in total. The highest BCUT2D eigenvalue weighted by atomic mass is 127. The van der Waals surface area contributed by atoms with Crippen molar-refractivity contribution in [3.05, 3.63) is 0 Å². The fraction of sp³-hybridized carbons (Fsp3) is 0.933. The van der Waals surface area contributed by atoms with E-state index in [0.29, 0.717) is 23.5 Å². The van der Waals surface area contributed by atoms with Crippen molar-refractivity contribution in [2.75, 3.05) is 20.2 Å². The molecule has 0 aromatic rings. The van der Waals surface area contributed by atoms with Crippen molar-refractivity contribution in [1.29, 1.82) is 0 Å². The Balaban J connectivity index is 0.00000200. The maximum Gasteiger partial charge on any atom is 0.191 e. The summed E-state index contributed by atoms with van der Waals surface area (Å²) in [7, 11) is 1.85. The molecule has 2 aliphatic carbocycles. The molecule has 0 aliphatic heterocycles. The molecule has 2 aliphatic rings. The number of guanidine groups is 1. The van der Waals surface area contributed by atoms with Crippen LogP contribution in [0.2, 0.25) is 0 Å². The van der Waals surface area contributed by atoms with Crippen LogP contribution in [0, 0.1) is 11.3 Å². The number of aliphatic imine (C=N–C) groups is 1. The van der Waals surface area contributed by atoms with Gasteiger partial charge in [-0.1, -0.05) is 20.3 Å². The quantitative estimate of drug-likeness (QED) is 0.428. The second kappa shape index (κ2) is 7.82. The van der Waals surface area contributed by atoms with Crippen LogP contribution in [0.25, 0.3) is 0 Å². The van der Waals surface area contributed by atoms with E-state index in [1.807, 2.05) is 7.05 Å². The van der Waals surface area contributed by atoms with Crippen molar-refractivity contribution in [1.82, 2.24) is 10.6 Å². The molecule has 2 fully saturated rings. The van der Waals surface area contributed by atoms with Crippen LogP contribution in [0.4, 0.5) is 0 Å². The molecule has 0 aromatic heterocycles. The molecule has 0 radical (unpaired) electrons. The highest BCUT2D eigenvalue weighted by Gasteiger charge is 2.59. The van der Waals surface area contributed by atoms with Crippen LogP contribution < -0.4 is 10.6 Å². The fourth-order valence-electron chi connectivity index (χ4n) is 3.30. The molecule has 0 heterocycles. The molecule has 5 heteroatoms. The molecule has 0 bridgehead atoms. The van der Waals surface area contributed by atoms with Crippen molar-refractivity contribution in [3.63, 3.8) is 0 Å². The molecule has 2 unspecified atom stereocenters. The first-order valence-corrected chi connectivity index (χ1v) is 7.71. The Labute approximate surface area is 140 Å². The van der Waals surface area contributed by atoms with E-state index < -0.39 is 0 Å². The molecule has 20 heavy (non-hydrogen) atoms. The average Bonchev–Trinajstić information content (AvgIpc) is 2.29. The first-order chi connectivity index (χ1) is 9.12. The predicted octanol–water partition coefficient (Wildman–Crippen LogP) is 2.77. The lowest BCUT2D eigenvalue weighted by molar-refractivity contribution is -0.168. The van der Waals surface area contributed by atoms with E-state index in [4.69, 9.17) is 4.74 Å². The van der Waals surface area contributed by atoms with Gasteiger partial charge in [-0.05, 0) is 32.1 Å². The molecule has 0 saturated heterocycles. The molecule has 2 atom stereocenters. The SMILES string of the molecule is CCOC1CC(NC(=NC)NCC(C)C)C12CCC2.I. The van der Waals surface area contributed by atoms with Gasteiger partial charge in [-0.25, -0.2) is 0 Å². The van der Waals surface area contributed by atoms with E-state index in [1.165, 1.54) is 19.3 Å². The Hall–Kier alpha value is -0.0400. The standard InChI is InChI=1S/C15H29N3O.HI/c1-5-19-13-9-12(15(13)7-6-8-15)18-14(16-4)17-10-11(2)3;/h11-13H,5-10H2,1-4H3,(H2,16,17,18);1H. The molecule has 2 N–H and O–H groups in total. The summed E-state index contributed by atoms with van der Waals surface area (Å²) in [5, 5.41) is 7.00. The van der Waals surface area contributed by atoms with Crippen molar-refractivity contribution >= 4 is 29.9 Å². The monoisotopic (exact) mass is 395 g/mol. The minimum absolute atomic E-state index is 0. The van der Waals surface area contributed by atoms with Crippen LogP contribution in [0.3, 0.4) is 0 Å². The molecule has 0 aromatic carbocycles. The minimum atomic E-state index is 0. The zero-order chi connectivity index (χ0) is 13.9. The van der Waals surface area contributed by atoms with Crippen LogP contribution in [0.5, 0.6) is 0 Å². The largest absolute Gasteiger partial charge is 0.378 e. The maximum absolute atomic E-state index is 5.88. The zero-order valence-electron chi connectivity index (χ0n) is 13.2. The van der Waals surface area contributed by atoms with Gasteiger partial charge in [0.1, 0.15) is 0 Å². The number of ether oxygens (including phenoxy) is 1. The summed E-state index contributed by atoms with van der Waals surface area (Å²) in [5.41, 5.74) is 0.394. The number of nitrogens with zero attached hydrogens (tertiary/aromatic N) is 1. The third-order valence-corrected chi connectivity index (χ3v) is 4.65. The van der Waals surface area contributed by atoms with Gasteiger partial charge in [0.25, 0.3) is 0 Å². The number of halogens is 1. The second-order valence-corrected chi connectivity index (χ2v) is 6.31. The first-order valence-electron chi connectivity index (χ1n) is 7.71. The minimum Gasteiger partial charge on any atom is -0.378 e. The summed E-state index contributed by atoms with van der Waals surface area (Å²) < 4.78 is 5.88. The molecular formula is C15H30IN3O. The lowest BCUT2D eigenvalue weighted by Crippen LogP contribution is -2.68. The Kier molecular flexibility index (Phi) is 7.04. The molecule has 2 saturated carbocycles. The fourth-order valence-corrected chi connectivity index (χ4v) is 3.30. The van der Waals surface area contributed by atoms with Gasteiger partial charge in [-0.2, -0.15) is 0 Å². The van der Waals surface area contributed by atoms with Gasteiger partial charge >= 0.3 is 0 Å². The summed E-state index contributed by atoms with van der Waals surface area (Å²) in [6.07, 6.45) is 5.54. The molecular weight excluding hydrogens is 365 g/mol. The molecule has 1 spiro atoms. The van der Waals surface area contributed by atoms with Gasteiger partial charge in [-0.15, -0.1) is 24.0 Å². The number of hydrogen-bond acceptors (Lipinski definition) is 2. The van der Waals surface area contributed by atoms with Crippen LogP contribution in [0.15, 0.2) is 4.99 Å². The van der Waals surface area contributed by atoms with Crippen molar-refractivity contribution < 1.29 is 4.74 Å². The zero-order valence-corrected chi connectivity index (χ0v) is 15.6. The highest BCUT2D eigenvalue weighted by molar-refractivity contribution is 14.0. The van der Waals surface area contributed by atoms with E-state index >= 15 is 0 Å². The predicted molar refractivity (Wildman–Crippen MR) is 94.9 cm³/mol. The smallest absolute Gasteiger partial charge is 0.191 e. The van der Waals surface area contributed by atoms with Crippen LogP contribution >= 0.6 is 24.0 Å². The summed E-state index contributed by atoms with van der Waals surface area (Å²) >= 11 is 0. The van der Waals surface area contributed by atoms with E-state index in [2.05, 4.69) is 36.4 Å². The van der Waals surface area contributed by atoms with Crippen LogP contribution in [-0.2, 0) is 4.74 Å². The first kappa shape index (κ1) is 18.0. The van der Waals surface area contributed by atoms with Gasteiger partial charge in [-0.3, -0.25) is 4.99 Å². The normalized spacial score (nSPS) is 27.6. The van der Waals surface area contributed by atoms with Gasteiger partial charge in [0.15, 0.2) is 5.96 Å².